The fourth-order valence-corrected chi connectivity index (χ4v) is 5.60. The number of nitrogens with zero attached hydrogens (tertiary/aromatic N) is 1. The standard InChI is InChI=1S/C38H50N4O17/c1-19(17-44)42-23-16-25(24(14-21(23)34(50)51)56-18-41-38(39)40-11-6-7-12-43)57-37-31(49)29(47)30(48)33(58-37)36(53)59-35(52)22-15-26(54-2)28(46)32(27(22)45)55-13-10-20-8-4-3-5-9-20/h3-5,8-9,14-16,19,29-31,33,36-37,42-49,53H,6-7,10-13,17-18H2,1-2H3,(H,50,51)(H3,39,40,41). The van der Waals surface area contributed by atoms with Crippen molar-refractivity contribution in [3.05, 3.63) is 65.2 Å². The van der Waals surface area contributed by atoms with E-state index >= 15 is 0 Å². The molecule has 0 aliphatic carbocycles. The van der Waals surface area contributed by atoms with Crippen LogP contribution < -0.4 is 35.3 Å². The number of unbranched alkanes of at least 4 members (excludes halogenated alkanes) is 1. The number of rotatable bonds is 21. The van der Waals surface area contributed by atoms with Gasteiger partial charge < -0.3 is 90.7 Å². The number of hydrogen-bond donors (Lipinski definition) is 12. The molecule has 0 saturated carbocycles. The number of anilines is 1. The highest BCUT2D eigenvalue weighted by molar-refractivity contribution is 5.96. The first-order valence-corrected chi connectivity index (χ1v) is 18.3. The van der Waals surface area contributed by atoms with Crippen LogP contribution >= 0.6 is 0 Å². The number of hydrogen-bond acceptors (Lipinski definition) is 18. The lowest BCUT2D eigenvalue weighted by Gasteiger charge is -2.41. The maximum Gasteiger partial charge on any atom is 0.344 e. The van der Waals surface area contributed by atoms with E-state index < -0.39 is 91.1 Å². The highest BCUT2D eigenvalue weighted by Crippen LogP contribution is 2.46. The average Bonchev–Trinajstić information content (AvgIpc) is 3.21. The number of aliphatic hydroxyl groups is 6. The molecule has 1 aliphatic rings. The van der Waals surface area contributed by atoms with E-state index in [0.29, 0.717) is 25.8 Å². The van der Waals surface area contributed by atoms with E-state index in [4.69, 9.17) is 39.3 Å². The molecule has 0 bridgehead atoms. The van der Waals surface area contributed by atoms with Gasteiger partial charge in [-0.25, -0.2) is 14.6 Å². The summed E-state index contributed by atoms with van der Waals surface area (Å²) in [5.74, 6) is -5.85. The second kappa shape index (κ2) is 21.8. The van der Waals surface area contributed by atoms with Crippen molar-refractivity contribution in [3.8, 4) is 34.5 Å². The number of aliphatic hydroxyl groups excluding tert-OH is 6. The third-order valence-electron chi connectivity index (χ3n) is 8.81. The van der Waals surface area contributed by atoms with Crippen molar-refractivity contribution < 1.29 is 84.0 Å². The number of benzene rings is 3. The van der Waals surface area contributed by atoms with Gasteiger partial charge in [-0.2, -0.15) is 0 Å². The van der Waals surface area contributed by atoms with Crippen LogP contribution in [0.15, 0.2) is 53.5 Å². The lowest BCUT2D eigenvalue weighted by atomic mass is 9.98. The predicted molar refractivity (Wildman–Crippen MR) is 206 cm³/mol. The SMILES string of the molecule is COc1cc(C(=O)OC(O)C2OC(Oc3cc(NC(C)CO)c(C(=O)O)cc3OCN=C(N)NCCCCO)C(O)C(O)C2O)c(O)c(OCCc2ccccc2)c1O. The number of carboxylic acid groups (broad SMARTS) is 1. The molecule has 0 spiro atoms. The van der Waals surface area contributed by atoms with Crippen LogP contribution in [0.1, 0.15) is 46.0 Å². The monoisotopic (exact) mass is 834 g/mol. The molecule has 59 heavy (non-hydrogen) atoms. The molecule has 21 heteroatoms. The van der Waals surface area contributed by atoms with Gasteiger partial charge in [0.1, 0.15) is 23.9 Å². The number of aliphatic imine (C=N–C) groups is 1. The van der Waals surface area contributed by atoms with Crippen molar-refractivity contribution in [1.29, 1.82) is 0 Å². The zero-order valence-corrected chi connectivity index (χ0v) is 32.1. The Morgan fingerprint density at radius 1 is 0.932 bits per heavy atom. The first-order valence-electron chi connectivity index (χ1n) is 18.3. The molecule has 324 valence electrons. The molecule has 1 saturated heterocycles. The molecule has 3 aromatic rings. The topological polar surface area (TPSA) is 334 Å². The number of guanidine groups is 1. The molecule has 3 aromatic carbocycles. The number of carbonyl (C=O) groups excluding carboxylic acids is 1. The third kappa shape index (κ3) is 12.1. The summed E-state index contributed by atoms with van der Waals surface area (Å²) in [6.07, 6.45) is -11.2. The summed E-state index contributed by atoms with van der Waals surface area (Å²) < 4.78 is 32.9. The normalized spacial score (nSPS) is 20.2. The van der Waals surface area contributed by atoms with Gasteiger partial charge in [0.05, 0.1) is 31.6 Å². The van der Waals surface area contributed by atoms with Crippen LogP contribution in [-0.2, 0) is 15.9 Å². The smallest absolute Gasteiger partial charge is 0.344 e. The van der Waals surface area contributed by atoms with Crippen LogP contribution in [0.5, 0.6) is 34.5 Å². The van der Waals surface area contributed by atoms with E-state index in [1.165, 1.54) is 7.11 Å². The molecular formula is C38H50N4O17. The van der Waals surface area contributed by atoms with E-state index in [-0.39, 0.29) is 47.7 Å². The summed E-state index contributed by atoms with van der Waals surface area (Å²) in [6, 6.07) is 11.5. The summed E-state index contributed by atoms with van der Waals surface area (Å²) in [5.41, 5.74) is 5.66. The zero-order chi connectivity index (χ0) is 43.2. The zero-order valence-electron chi connectivity index (χ0n) is 32.1. The Morgan fingerprint density at radius 3 is 2.31 bits per heavy atom. The fourth-order valence-electron chi connectivity index (χ4n) is 5.60. The van der Waals surface area contributed by atoms with E-state index in [1.54, 1.807) is 6.92 Å². The van der Waals surface area contributed by atoms with Crippen molar-refractivity contribution in [2.24, 2.45) is 10.7 Å². The molecule has 0 radical (unpaired) electrons. The van der Waals surface area contributed by atoms with Gasteiger partial charge in [-0.1, -0.05) is 30.3 Å². The number of nitrogens with one attached hydrogen (secondary N) is 2. The first-order chi connectivity index (χ1) is 28.2. The van der Waals surface area contributed by atoms with Gasteiger partial charge in [0.2, 0.25) is 24.1 Å². The Kier molecular flexibility index (Phi) is 17.0. The second-order valence-electron chi connectivity index (χ2n) is 13.1. The molecule has 1 aliphatic heterocycles. The second-order valence-corrected chi connectivity index (χ2v) is 13.1. The van der Waals surface area contributed by atoms with Gasteiger partial charge in [0, 0.05) is 43.8 Å². The minimum absolute atomic E-state index is 0.00841. The number of aromatic carboxylic acids is 1. The van der Waals surface area contributed by atoms with Crippen LogP contribution in [0.4, 0.5) is 5.69 Å². The number of nitrogens with two attached hydrogens (primary N) is 1. The largest absolute Gasteiger partial charge is 0.504 e. The van der Waals surface area contributed by atoms with Gasteiger partial charge in [-0.3, -0.25) is 0 Å². The molecule has 7 unspecified atom stereocenters. The van der Waals surface area contributed by atoms with Crippen LogP contribution in [0.25, 0.3) is 0 Å². The number of phenolic OH excluding ortho intramolecular Hbond substituents is 2. The van der Waals surface area contributed by atoms with Gasteiger partial charge >= 0.3 is 11.9 Å². The lowest BCUT2D eigenvalue weighted by Crippen LogP contribution is -2.62. The molecular weight excluding hydrogens is 784 g/mol. The minimum atomic E-state index is -2.41. The maximum absolute atomic E-state index is 13.3. The molecule has 4 rings (SSSR count). The number of carbonyl (C=O) groups is 2. The number of methoxy groups -OCH3 is 1. The number of aromatic hydroxyl groups is 2. The van der Waals surface area contributed by atoms with E-state index in [1.807, 2.05) is 30.3 Å². The van der Waals surface area contributed by atoms with E-state index in [2.05, 4.69) is 15.6 Å². The highest BCUT2D eigenvalue weighted by Gasteiger charge is 2.49. The number of ether oxygens (including phenoxy) is 6. The summed E-state index contributed by atoms with van der Waals surface area (Å²) in [6.45, 7) is 0.985. The van der Waals surface area contributed by atoms with Gasteiger partial charge in [0.15, 0.2) is 41.8 Å². The molecule has 7 atom stereocenters. The lowest BCUT2D eigenvalue weighted by molar-refractivity contribution is -0.309. The summed E-state index contributed by atoms with van der Waals surface area (Å²) in [5, 5.41) is 99.2. The number of phenols is 2. The average molecular weight is 835 g/mol. The molecule has 0 aromatic heterocycles. The predicted octanol–water partition coefficient (Wildman–Crippen LogP) is -0.406. The molecule has 13 N–H and O–H groups in total. The minimum Gasteiger partial charge on any atom is -0.504 e. The van der Waals surface area contributed by atoms with Crippen LogP contribution in [-0.4, -0.2) is 147 Å². The summed E-state index contributed by atoms with van der Waals surface area (Å²) >= 11 is 0. The maximum atomic E-state index is 13.3. The van der Waals surface area contributed by atoms with Crippen LogP contribution in [0.3, 0.4) is 0 Å². The van der Waals surface area contributed by atoms with Crippen molar-refractivity contribution in [2.75, 3.05) is 45.5 Å². The number of esters is 1. The number of carboxylic acids is 1. The Balaban J connectivity index is 1.57. The molecule has 1 heterocycles. The Bertz CT molecular complexity index is 1880. The van der Waals surface area contributed by atoms with Gasteiger partial charge in [-0.15, -0.1) is 0 Å². The van der Waals surface area contributed by atoms with Crippen molar-refractivity contribution >= 4 is 23.6 Å². The van der Waals surface area contributed by atoms with Gasteiger partial charge in [0.25, 0.3) is 0 Å². The quantitative estimate of drug-likeness (QED) is 0.0213. The Hall–Kier alpha value is -5.81. The van der Waals surface area contributed by atoms with Crippen molar-refractivity contribution in [3.63, 3.8) is 0 Å². The van der Waals surface area contributed by atoms with Crippen LogP contribution in [0, 0.1) is 0 Å². The van der Waals surface area contributed by atoms with Crippen molar-refractivity contribution in [2.45, 2.75) is 69.2 Å². The van der Waals surface area contributed by atoms with Crippen LogP contribution in [0.2, 0.25) is 0 Å². The van der Waals surface area contributed by atoms with Gasteiger partial charge in [-0.05, 0) is 25.3 Å². The fraction of sp³-hybridized carbons (Fsp3) is 0.447. The molecule has 1 fully saturated rings. The molecule has 0 amide bonds. The Labute approximate surface area is 337 Å². The Morgan fingerprint density at radius 2 is 1.64 bits per heavy atom. The third-order valence-corrected chi connectivity index (χ3v) is 8.81. The van der Waals surface area contributed by atoms with Crippen molar-refractivity contribution in [1.82, 2.24) is 5.32 Å². The highest BCUT2D eigenvalue weighted by atomic mass is 16.7. The summed E-state index contributed by atoms with van der Waals surface area (Å²) in [4.78, 5) is 29.6. The summed E-state index contributed by atoms with van der Waals surface area (Å²) in [7, 11) is 1.17. The van der Waals surface area contributed by atoms with E-state index in [9.17, 15) is 50.4 Å². The first kappa shape index (κ1) is 45.9. The molecule has 21 nitrogen and oxygen atoms in total. The van der Waals surface area contributed by atoms with E-state index in [0.717, 1.165) is 23.8 Å².